The highest BCUT2D eigenvalue weighted by Crippen LogP contribution is 2.45. The monoisotopic (exact) mass is 353 g/mol. The molecular weight excluding hydrogens is 322 g/mol. The summed E-state index contributed by atoms with van der Waals surface area (Å²) in [6, 6.07) is 11.0. The van der Waals surface area contributed by atoms with Crippen LogP contribution >= 0.6 is 0 Å². The Kier molecular flexibility index (Phi) is 5.41. The van der Waals surface area contributed by atoms with E-state index in [2.05, 4.69) is 46.5 Å². The minimum Gasteiger partial charge on any atom is -0.381 e. The van der Waals surface area contributed by atoms with Gasteiger partial charge < -0.3 is 4.74 Å². The molecule has 0 spiro atoms. The zero-order valence-corrected chi connectivity index (χ0v) is 15.9. The molecule has 2 aliphatic rings. The van der Waals surface area contributed by atoms with E-state index in [0.29, 0.717) is 11.3 Å². The second-order valence-electron chi connectivity index (χ2n) is 8.24. The third kappa shape index (κ3) is 4.02. The Morgan fingerprint density at radius 1 is 1.23 bits per heavy atom. The van der Waals surface area contributed by atoms with Crippen molar-refractivity contribution >= 4 is 0 Å². The second kappa shape index (κ2) is 7.93. The van der Waals surface area contributed by atoms with Crippen LogP contribution in [0.25, 0.3) is 0 Å². The Morgan fingerprint density at radius 3 is 2.85 bits per heavy atom. The third-order valence-electron chi connectivity index (χ3n) is 6.41. The van der Waals surface area contributed by atoms with Crippen molar-refractivity contribution in [2.24, 2.45) is 18.4 Å². The summed E-state index contributed by atoms with van der Waals surface area (Å²) in [5, 5.41) is 4.33. The van der Waals surface area contributed by atoms with Gasteiger partial charge in [-0.2, -0.15) is 5.10 Å². The first-order chi connectivity index (χ1) is 12.7. The van der Waals surface area contributed by atoms with Crippen LogP contribution in [0.15, 0.2) is 42.7 Å². The van der Waals surface area contributed by atoms with Crippen molar-refractivity contribution in [1.29, 1.82) is 0 Å². The quantitative estimate of drug-likeness (QED) is 0.794. The van der Waals surface area contributed by atoms with Crippen LogP contribution < -0.4 is 0 Å². The number of aromatic nitrogens is 2. The van der Waals surface area contributed by atoms with Crippen molar-refractivity contribution in [2.45, 2.75) is 38.6 Å². The molecule has 2 aliphatic heterocycles. The number of benzene rings is 1. The fourth-order valence-corrected chi connectivity index (χ4v) is 4.93. The number of aryl methyl sites for hydroxylation is 2. The molecule has 0 saturated carbocycles. The van der Waals surface area contributed by atoms with Crippen molar-refractivity contribution in [3.8, 4) is 0 Å². The van der Waals surface area contributed by atoms with Crippen molar-refractivity contribution in [3.63, 3.8) is 0 Å². The van der Waals surface area contributed by atoms with Crippen LogP contribution in [-0.2, 0) is 24.8 Å². The highest BCUT2D eigenvalue weighted by Gasteiger charge is 2.44. The molecule has 2 unspecified atom stereocenters. The Labute approximate surface area is 157 Å². The van der Waals surface area contributed by atoms with Gasteiger partial charge in [0, 0.05) is 45.1 Å². The number of hydrogen-bond acceptors (Lipinski definition) is 3. The van der Waals surface area contributed by atoms with Crippen molar-refractivity contribution in [1.82, 2.24) is 14.7 Å². The highest BCUT2D eigenvalue weighted by molar-refractivity contribution is 5.15. The summed E-state index contributed by atoms with van der Waals surface area (Å²) in [5.41, 5.74) is 3.19. The van der Waals surface area contributed by atoms with Crippen LogP contribution in [0.4, 0.5) is 0 Å². The van der Waals surface area contributed by atoms with Gasteiger partial charge >= 0.3 is 0 Å². The zero-order valence-electron chi connectivity index (χ0n) is 15.9. The summed E-state index contributed by atoms with van der Waals surface area (Å²) in [5.74, 6) is 0.707. The molecule has 0 amide bonds. The standard InChI is InChI=1S/C22H31N3O/c1-24-15-20(14-23-24)16-25-12-11-22(18-25,21-8-5-13-26-17-21)10-9-19-6-3-2-4-7-19/h2-4,6-7,14-15,21H,5,8-13,16-18H2,1H3. The van der Waals surface area contributed by atoms with Crippen LogP contribution in [0.5, 0.6) is 0 Å². The van der Waals surface area contributed by atoms with E-state index in [4.69, 9.17) is 4.74 Å². The molecule has 0 radical (unpaired) electrons. The molecular formula is C22H31N3O. The maximum absolute atomic E-state index is 5.90. The van der Waals surface area contributed by atoms with Gasteiger partial charge in [0.1, 0.15) is 0 Å². The van der Waals surface area contributed by atoms with E-state index >= 15 is 0 Å². The van der Waals surface area contributed by atoms with E-state index in [-0.39, 0.29) is 0 Å². The number of likely N-dealkylation sites (tertiary alicyclic amines) is 1. The normalized spacial score (nSPS) is 27.0. The molecule has 0 N–H and O–H groups in total. The van der Waals surface area contributed by atoms with E-state index in [1.54, 1.807) is 0 Å². The van der Waals surface area contributed by atoms with Gasteiger partial charge in [0.05, 0.1) is 6.20 Å². The lowest BCUT2D eigenvalue weighted by molar-refractivity contribution is -0.0102. The second-order valence-corrected chi connectivity index (χ2v) is 8.24. The van der Waals surface area contributed by atoms with Crippen LogP contribution in [0.3, 0.4) is 0 Å². The summed E-state index contributed by atoms with van der Waals surface area (Å²) < 4.78 is 7.80. The SMILES string of the molecule is Cn1cc(CN2CCC(CCc3ccccc3)(C3CCCOC3)C2)cn1. The Bertz CT molecular complexity index is 692. The maximum atomic E-state index is 5.90. The summed E-state index contributed by atoms with van der Waals surface area (Å²) in [6.45, 7) is 5.32. The van der Waals surface area contributed by atoms with E-state index in [0.717, 1.165) is 19.8 Å². The topological polar surface area (TPSA) is 30.3 Å². The molecule has 0 aliphatic carbocycles. The molecule has 2 fully saturated rings. The number of rotatable bonds is 6. The predicted molar refractivity (Wildman–Crippen MR) is 104 cm³/mol. The summed E-state index contributed by atoms with van der Waals surface area (Å²) in [7, 11) is 2.00. The number of nitrogens with zero attached hydrogens (tertiary/aromatic N) is 3. The molecule has 26 heavy (non-hydrogen) atoms. The smallest absolute Gasteiger partial charge is 0.0534 e. The van der Waals surface area contributed by atoms with Gasteiger partial charge in [0.2, 0.25) is 0 Å². The van der Waals surface area contributed by atoms with E-state index < -0.39 is 0 Å². The fourth-order valence-electron chi connectivity index (χ4n) is 4.93. The Hall–Kier alpha value is -1.65. The molecule has 140 valence electrons. The van der Waals surface area contributed by atoms with Gasteiger partial charge in [-0.25, -0.2) is 0 Å². The first-order valence-electron chi connectivity index (χ1n) is 10.1. The molecule has 2 saturated heterocycles. The first kappa shape index (κ1) is 17.7. The van der Waals surface area contributed by atoms with Crippen molar-refractivity contribution < 1.29 is 4.74 Å². The Morgan fingerprint density at radius 2 is 2.12 bits per heavy atom. The Balaban J connectivity index is 1.46. The van der Waals surface area contributed by atoms with Gasteiger partial charge in [-0.15, -0.1) is 0 Å². The number of hydrogen-bond donors (Lipinski definition) is 0. The van der Waals surface area contributed by atoms with Crippen molar-refractivity contribution in [2.75, 3.05) is 26.3 Å². The number of ether oxygens (including phenoxy) is 1. The van der Waals surface area contributed by atoms with E-state index in [9.17, 15) is 0 Å². The molecule has 1 aromatic carbocycles. The molecule has 4 rings (SSSR count). The average molecular weight is 354 g/mol. The lowest BCUT2D eigenvalue weighted by Gasteiger charge is -2.40. The molecule has 1 aromatic heterocycles. The molecule has 4 nitrogen and oxygen atoms in total. The van der Waals surface area contributed by atoms with Crippen LogP contribution in [0.2, 0.25) is 0 Å². The minimum absolute atomic E-state index is 0.401. The lowest BCUT2D eigenvalue weighted by atomic mass is 9.69. The fraction of sp³-hybridized carbons (Fsp3) is 0.591. The largest absolute Gasteiger partial charge is 0.381 e. The summed E-state index contributed by atoms with van der Waals surface area (Å²) >= 11 is 0. The third-order valence-corrected chi connectivity index (χ3v) is 6.41. The van der Waals surface area contributed by atoms with Gasteiger partial charge in [0.15, 0.2) is 0 Å². The van der Waals surface area contributed by atoms with Gasteiger partial charge in [0.25, 0.3) is 0 Å². The molecule has 3 heterocycles. The van der Waals surface area contributed by atoms with Crippen LogP contribution in [-0.4, -0.2) is 41.0 Å². The lowest BCUT2D eigenvalue weighted by Crippen LogP contribution is -2.39. The maximum Gasteiger partial charge on any atom is 0.0534 e. The van der Waals surface area contributed by atoms with E-state index in [1.165, 1.54) is 56.3 Å². The van der Waals surface area contributed by atoms with Gasteiger partial charge in [-0.3, -0.25) is 9.58 Å². The predicted octanol–water partition coefficient (Wildman–Crippen LogP) is 3.67. The summed E-state index contributed by atoms with van der Waals surface area (Å²) in [4.78, 5) is 2.64. The van der Waals surface area contributed by atoms with E-state index in [1.807, 2.05) is 17.9 Å². The molecule has 2 atom stereocenters. The van der Waals surface area contributed by atoms with Gasteiger partial charge in [-0.1, -0.05) is 30.3 Å². The first-order valence-corrected chi connectivity index (χ1v) is 10.1. The molecule has 2 aromatic rings. The zero-order chi connectivity index (χ0) is 17.8. The highest BCUT2D eigenvalue weighted by atomic mass is 16.5. The van der Waals surface area contributed by atoms with Crippen LogP contribution in [0.1, 0.15) is 36.8 Å². The summed E-state index contributed by atoms with van der Waals surface area (Å²) in [6.07, 6.45) is 10.5. The average Bonchev–Trinajstić information content (AvgIpc) is 3.29. The molecule has 4 heteroatoms. The van der Waals surface area contributed by atoms with Crippen LogP contribution in [0, 0.1) is 11.3 Å². The minimum atomic E-state index is 0.401. The van der Waals surface area contributed by atoms with Crippen molar-refractivity contribution in [3.05, 3.63) is 53.9 Å². The van der Waals surface area contributed by atoms with Gasteiger partial charge in [-0.05, 0) is 55.5 Å². The molecule has 0 bridgehead atoms.